The molecule has 2 fully saturated rings. The number of ether oxygens (including phenoxy) is 1. The van der Waals surface area contributed by atoms with Crippen LogP contribution in [0.2, 0.25) is 0 Å². The van der Waals surface area contributed by atoms with Crippen LogP contribution >= 0.6 is 11.3 Å². The van der Waals surface area contributed by atoms with Gasteiger partial charge < -0.3 is 41.0 Å². The number of H-pyrrole nitrogens is 1. The molecule has 5 amide bonds. The Morgan fingerprint density at radius 3 is 2.57 bits per heavy atom. The summed E-state index contributed by atoms with van der Waals surface area (Å²) in [5, 5.41) is 27.4. The summed E-state index contributed by atoms with van der Waals surface area (Å²) in [5.74, 6) is -0.465. The molecule has 2 unspecified atom stereocenters. The van der Waals surface area contributed by atoms with E-state index in [0.29, 0.717) is 30.8 Å². The molecule has 69 heavy (non-hydrogen) atoms. The molecule has 2 saturated heterocycles. The number of aromatic nitrogens is 5. The maximum Gasteiger partial charge on any atom is 0.255 e. The Bertz CT molecular complexity index is 2810. The van der Waals surface area contributed by atoms with Gasteiger partial charge >= 0.3 is 0 Å². The molecule has 18 nitrogen and oxygen atoms in total. The third kappa shape index (κ3) is 12.2. The maximum absolute atomic E-state index is 14.0. The quantitative estimate of drug-likeness (QED) is 0.0649. The van der Waals surface area contributed by atoms with E-state index in [9.17, 15) is 29.1 Å². The molecule has 8 rings (SSSR count). The molecule has 0 bridgehead atoms. The Morgan fingerprint density at radius 1 is 0.986 bits per heavy atom. The van der Waals surface area contributed by atoms with E-state index in [1.807, 2.05) is 94.9 Å². The summed E-state index contributed by atoms with van der Waals surface area (Å²) in [7, 11) is 1.86. The van der Waals surface area contributed by atoms with Crippen LogP contribution in [0, 0.1) is 18.3 Å². The van der Waals surface area contributed by atoms with Gasteiger partial charge in [0.05, 0.1) is 64.7 Å². The second kappa shape index (κ2) is 21.4. The summed E-state index contributed by atoms with van der Waals surface area (Å²) >= 11 is 1.57. The fourth-order valence-electron chi connectivity index (χ4n) is 9.04. The van der Waals surface area contributed by atoms with Gasteiger partial charge in [0.25, 0.3) is 5.91 Å². The predicted octanol–water partition coefficient (Wildman–Crippen LogP) is 4.68. The van der Waals surface area contributed by atoms with Gasteiger partial charge in [-0.3, -0.25) is 33.6 Å². The average Bonchev–Trinajstić information content (AvgIpc) is 4.18. The van der Waals surface area contributed by atoms with E-state index in [4.69, 9.17) is 9.72 Å². The van der Waals surface area contributed by atoms with Crippen LogP contribution in [-0.2, 0) is 44.1 Å². The minimum atomic E-state index is -0.951. The molecule has 3 aromatic carbocycles. The summed E-state index contributed by atoms with van der Waals surface area (Å²) in [6.07, 6.45) is 2.22. The highest BCUT2D eigenvalue weighted by Gasteiger charge is 2.44. The first kappa shape index (κ1) is 48.9. The lowest BCUT2D eigenvalue weighted by molar-refractivity contribution is -0.144. The lowest BCUT2D eigenvalue weighted by atomic mass is 9.85. The molecule has 5 heterocycles. The molecule has 0 radical (unpaired) electrons. The largest absolute Gasteiger partial charge is 0.391 e. The predicted molar refractivity (Wildman–Crippen MR) is 263 cm³/mol. The van der Waals surface area contributed by atoms with E-state index in [1.165, 1.54) is 4.90 Å². The molecule has 364 valence electrons. The summed E-state index contributed by atoms with van der Waals surface area (Å²) in [4.78, 5) is 83.6. The van der Waals surface area contributed by atoms with E-state index >= 15 is 0 Å². The highest BCUT2D eigenvalue weighted by Crippen LogP contribution is 2.29. The molecular formula is C50H61N11O7S. The van der Waals surface area contributed by atoms with Gasteiger partial charge in [0.1, 0.15) is 17.9 Å². The van der Waals surface area contributed by atoms with Crippen molar-refractivity contribution in [3.63, 3.8) is 0 Å². The standard InChI is InChI=1S/C50H61N11O7S/c1-30-45(69-29-53-30)33-8-6-31(7-9-33)24-52-48(66)41-23-37(62)27-61(41)49(67)46(50(2,3)4)58-43(63)15-18-68-19-16-51-44(64)20-32-14-17-60(26-32)28-42-56-38-12-11-36(22-39(38)57-42)55-47(65)34-10-13-40-35(21-34)25-54-59(40)5/h6-13,21-22,25,29,32,37,41,46,62H,14-20,23-24,26-28H2,1-5H3,(H,51,64)(H,52,66)(H,55,65)(H,56,57)(H,58,63)/t32?,37-,41+,46?/m1/s1. The van der Waals surface area contributed by atoms with Gasteiger partial charge in [0.15, 0.2) is 0 Å². The number of likely N-dealkylation sites (tertiary alicyclic amines) is 2. The van der Waals surface area contributed by atoms with Crippen molar-refractivity contribution in [1.29, 1.82) is 0 Å². The zero-order chi connectivity index (χ0) is 48.8. The number of carbonyl (C=O) groups excluding carboxylic acids is 5. The van der Waals surface area contributed by atoms with Crippen molar-refractivity contribution in [1.82, 2.24) is 50.5 Å². The molecular weight excluding hydrogens is 899 g/mol. The molecule has 6 aromatic rings. The number of aliphatic hydroxyl groups excluding tert-OH is 1. The number of carbonyl (C=O) groups is 5. The fourth-order valence-corrected chi connectivity index (χ4v) is 9.85. The SMILES string of the molecule is Cc1ncsc1-c1ccc(CNC(=O)[C@@H]2C[C@@H](O)CN2C(=O)C(NC(=O)CCOCCNC(=O)CC2CCN(Cc3nc4ccc(NC(=O)c5ccc6c(cnn6C)c5)cc4[nH]3)C2)C(C)(C)C)cc1. The Labute approximate surface area is 404 Å². The van der Waals surface area contributed by atoms with Crippen LogP contribution in [0.4, 0.5) is 5.69 Å². The van der Waals surface area contributed by atoms with Crippen molar-refractivity contribution in [3.05, 3.63) is 95.0 Å². The normalized spacial score (nSPS) is 17.9. The van der Waals surface area contributed by atoms with E-state index in [-0.39, 0.29) is 68.7 Å². The van der Waals surface area contributed by atoms with E-state index in [0.717, 1.165) is 69.0 Å². The van der Waals surface area contributed by atoms with Crippen molar-refractivity contribution in [3.8, 4) is 10.4 Å². The van der Waals surface area contributed by atoms with Crippen LogP contribution in [0.15, 0.2) is 72.4 Å². The first-order valence-corrected chi connectivity index (χ1v) is 24.3. The number of rotatable bonds is 18. The maximum atomic E-state index is 14.0. The van der Waals surface area contributed by atoms with Gasteiger partial charge in [-0.15, -0.1) is 11.3 Å². The van der Waals surface area contributed by atoms with Gasteiger partial charge in [-0.05, 0) is 78.7 Å². The lowest BCUT2D eigenvalue weighted by Gasteiger charge is -2.35. The number of fused-ring (bicyclic) bond motifs is 2. The van der Waals surface area contributed by atoms with Crippen LogP contribution in [0.1, 0.15) is 73.9 Å². The average molecular weight is 960 g/mol. The fraction of sp³-hybridized carbons (Fsp3) is 0.440. The monoisotopic (exact) mass is 959 g/mol. The van der Waals surface area contributed by atoms with E-state index < -0.39 is 29.5 Å². The lowest BCUT2D eigenvalue weighted by Crippen LogP contribution is -2.57. The smallest absolute Gasteiger partial charge is 0.255 e. The van der Waals surface area contributed by atoms with E-state index in [2.05, 4.69) is 41.2 Å². The first-order chi connectivity index (χ1) is 33.1. The number of β-amino-alcohol motifs (C(OH)–C–C–N with tert-alkyl or cyclic N) is 1. The number of aliphatic hydroxyl groups is 1. The Kier molecular flexibility index (Phi) is 15.2. The Morgan fingerprint density at radius 2 is 1.80 bits per heavy atom. The molecule has 0 aliphatic carbocycles. The zero-order valence-corrected chi connectivity index (χ0v) is 40.5. The Balaban J connectivity index is 0.719. The number of amides is 5. The third-order valence-corrected chi connectivity index (χ3v) is 13.7. The number of anilines is 1. The minimum absolute atomic E-state index is 0.00705. The van der Waals surface area contributed by atoms with Gasteiger partial charge in [-0.25, -0.2) is 9.97 Å². The molecule has 2 aliphatic rings. The van der Waals surface area contributed by atoms with Crippen molar-refractivity contribution in [2.75, 3.05) is 44.7 Å². The molecule has 4 atom stereocenters. The number of hydrogen-bond acceptors (Lipinski definition) is 12. The van der Waals surface area contributed by atoms with Crippen LogP contribution in [0.3, 0.4) is 0 Å². The number of aromatic amines is 1. The second-order valence-corrected chi connectivity index (χ2v) is 20.0. The third-order valence-electron chi connectivity index (χ3n) is 12.8. The van der Waals surface area contributed by atoms with Gasteiger partial charge in [0, 0.05) is 69.1 Å². The number of benzene rings is 3. The summed E-state index contributed by atoms with van der Waals surface area (Å²) in [5.41, 5.74) is 7.79. The molecule has 6 N–H and O–H groups in total. The highest BCUT2D eigenvalue weighted by molar-refractivity contribution is 7.13. The summed E-state index contributed by atoms with van der Waals surface area (Å²) in [6, 6.07) is 17.1. The van der Waals surface area contributed by atoms with Crippen molar-refractivity contribution in [2.24, 2.45) is 18.4 Å². The van der Waals surface area contributed by atoms with Gasteiger partial charge in [-0.2, -0.15) is 5.10 Å². The topological polar surface area (TPSA) is 229 Å². The van der Waals surface area contributed by atoms with Crippen molar-refractivity contribution < 1.29 is 33.8 Å². The number of hydrogen-bond donors (Lipinski definition) is 6. The molecule has 3 aromatic heterocycles. The molecule has 0 spiro atoms. The van der Waals surface area contributed by atoms with Crippen LogP contribution < -0.4 is 21.3 Å². The molecule has 19 heteroatoms. The minimum Gasteiger partial charge on any atom is -0.391 e. The zero-order valence-electron chi connectivity index (χ0n) is 39.7. The van der Waals surface area contributed by atoms with Crippen LogP contribution in [-0.4, -0.2) is 127 Å². The summed E-state index contributed by atoms with van der Waals surface area (Å²) < 4.78 is 7.44. The van der Waals surface area contributed by atoms with Crippen LogP contribution in [0.25, 0.3) is 32.4 Å². The first-order valence-electron chi connectivity index (χ1n) is 23.4. The number of nitrogens with one attached hydrogen (secondary N) is 5. The number of aryl methyl sites for hydroxylation is 2. The Hall–Kier alpha value is -6.54. The van der Waals surface area contributed by atoms with Gasteiger partial charge in [0.2, 0.25) is 23.6 Å². The number of thiazole rings is 1. The highest BCUT2D eigenvalue weighted by atomic mass is 32.1. The molecule has 0 saturated carbocycles. The number of nitrogens with zero attached hydrogens (tertiary/aromatic N) is 6. The second-order valence-electron chi connectivity index (χ2n) is 19.2. The van der Waals surface area contributed by atoms with Crippen molar-refractivity contribution in [2.45, 2.75) is 84.7 Å². The summed E-state index contributed by atoms with van der Waals surface area (Å²) in [6.45, 7) is 10.5. The number of imidazole rings is 1. The van der Waals surface area contributed by atoms with Crippen molar-refractivity contribution >= 4 is 68.5 Å². The molecule has 2 aliphatic heterocycles. The van der Waals surface area contributed by atoms with E-state index in [1.54, 1.807) is 28.3 Å². The van der Waals surface area contributed by atoms with Crippen LogP contribution in [0.5, 0.6) is 0 Å². The van der Waals surface area contributed by atoms with Gasteiger partial charge in [-0.1, -0.05) is 45.0 Å².